The number of hydrogen-bond donors (Lipinski definition) is 2. The summed E-state index contributed by atoms with van der Waals surface area (Å²) in [6.45, 7) is 4.29. The number of likely N-dealkylation sites (tertiary alicyclic amines) is 1. The zero-order valence-corrected chi connectivity index (χ0v) is 25.2. The smallest absolute Gasteiger partial charge is 0.378 e. The number of nitrogens with zero attached hydrogens (tertiary/aromatic N) is 2. The average molecular weight is 621 g/mol. The summed E-state index contributed by atoms with van der Waals surface area (Å²) in [5, 5.41) is 5.33. The van der Waals surface area contributed by atoms with Gasteiger partial charge in [0.15, 0.2) is 0 Å². The summed E-state index contributed by atoms with van der Waals surface area (Å²) >= 11 is 0. The number of rotatable bonds is 10. The summed E-state index contributed by atoms with van der Waals surface area (Å²) in [5.74, 6) is -1.40. The molecule has 3 aliphatic rings. The molecule has 3 aromatic rings. The van der Waals surface area contributed by atoms with E-state index in [-0.39, 0.29) is 11.9 Å². The maximum absolute atomic E-state index is 13.2. The first-order chi connectivity index (χ1) is 21.8. The summed E-state index contributed by atoms with van der Waals surface area (Å²) in [6, 6.07) is 21.3. The largest absolute Gasteiger partial charge is 0.405 e. The molecule has 2 amide bonds. The normalized spacial score (nSPS) is 19.7. The van der Waals surface area contributed by atoms with Crippen molar-refractivity contribution in [2.24, 2.45) is 0 Å². The Morgan fingerprint density at radius 3 is 2.47 bits per heavy atom. The van der Waals surface area contributed by atoms with E-state index in [1.165, 1.54) is 0 Å². The van der Waals surface area contributed by atoms with Crippen LogP contribution in [0.25, 0.3) is 11.1 Å². The molecule has 0 saturated carbocycles. The van der Waals surface area contributed by atoms with Gasteiger partial charge in [-0.15, -0.1) is 0 Å². The molecule has 2 N–H and O–H groups in total. The van der Waals surface area contributed by atoms with Crippen molar-refractivity contribution in [3.8, 4) is 11.1 Å². The second-order valence-corrected chi connectivity index (χ2v) is 12.1. The Morgan fingerprint density at radius 1 is 0.889 bits per heavy atom. The van der Waals surface area contributed by atoms with Gasteiger partial charge in [-0.25, -0.2) is 0 Å². The van der Waals surface area contributed by atoms with Crippen molar-refractivity contribution in [2.75, 3.05) is 57.4 Å². The quantitative estimate of drug-likeness (QED) is 0.307. The molecule has 0 radical (unpaired) electrons. The predicted molar refractivity (Wildman–Crippen MR) is 168 cm³/mol. The van der Waals surface area contributed by atoms with Crippen molar-refractivity contribution in [3.63, 3.8) is 0 Å². The van der Waals surface area contributed by atoms with Crippen LogP contribution in [0.15, 0.2) is 66.7 Å². The van der Waals surface area contributed by atoms with Gasteiger partial charge in [0.05, 0.1) is 24.7 Å². The lowest BCUT2D eigenvalue weighted by molar-refractivity contribution is -0.138. The highest BCUT2D eigenvalue weighted by Crippen LogP contribution is 2.45. The number of benzene rings is 3. The van der Waals surface area contributed by atoms with Gasteiger partial charge >= 0.3 is 6.18 Å². The molecule has 3 aromatic carbocycles. The van der Waals surface area contributed by atoms with E-state index in [9.17, 15) is 22.8 Å². The van der Waals surface area contributed by atoms with E-state index in [4.69, 9.17) is 4.74 Å². The molecular formula is C35H39F3N4O3. The van der Waals surface area contributed by atoms with Gasteiger partial charge in [-0.05, 0) is 72.2 Å². The molecule has 238 valence electrons. The fraction of sp³-hybridized carbons (Fsp3) is 0.429. The number of carbonyl (C=O) groups is 2. The van der Waals surface area contributed by atoms with Gasteiger partial charge in [-0.2, -0.15) is 13.2 Å². The molecule has 6 rings (SSSR count). The number of amides is 2. The zero-order chi connectivity index (χ0) is 31.4. The first kappa shape index (κ1) is 31.1. The Bertz CT molecular complexity index is 1520. The minimum atomic E-state index is -4.46. The van der Waals surface area contributed by atoms with Gasteiger partial charge in [-0.3, -0.25) is 9.59 Å². The van der Waals surface area contributed by atoms with Crippen LogP contribution in [-0.4, -0.2) is 81.4 Å². The first-order valence-electron chi connectivity index (χ1n) is 15.8. The lowest BCUT2D eigenvalue weighted by atomic mass is 9.94. The van der Waals surface area contributed by atoms with Crippen molar-refractivity contribution >= 4 is 17.5 Å². The highest BCUT2D eigenvalue weighted by molar-refractivity contribution is 6.00. The van der Waals surface area contributed by atoms with Crippen LogP contribution in [-0.2, 0) is 16.0 Å². The number of fused-ring (bicyclic) bond motifs is 3. The molecule has 2 aliphatic heterocycles. The predicted octanol–water partition coefficient (Wildman–Crippen LogP) is 5.14. The van der Waals surface area contributed by atoms with E-state index >= 15 is 0 Å². The second-order valence-electron chi connectivity index (χ2n) is 12.1. The molecule has 7 nitrogen and oxygen atoms in total. The van der Waals surface area contributed by atoms with Crippen molar-refractivity contribution in [3.05, 3.63) is 89.0 Å². The number of nitrogens with one attached hydrogen (secondary N) is 2. The summed E-state index contributed by atoms with van der Waals surface area (Å²) in [7, 11) is 0. The first-order valence-corrected chi connectivity index (χ1v) is 15.8. The molecular weight excluding hydrogens is 581 g/mol. The number of anilines is 1. The van der Waals surface area contributed by atoms with Crippen molar-refractivity contribution in [2.45, 2.75) is 43.8 Å². The van der Waals surface area contributed by atoms with Crippen molar-refractivity contribution < 1.29 is 27.5 Å². The molecule has 2 unspecified atom stereocenters. The number of aryl methyl sites for hydroxylation is 1. The highest BCUT2D eigenvalue weighted by Gasteiger charge is 2.36. The molecule has 0 bridgehead atoms. The Balaban J connectivity index is 0.994. The summed E-state index contributed by atoms with van der Waals surface area (Å²) < 4.78 is 43.8. The van der Waals surface area contributed by atoms with Crippen molar-refractivity contribution in [1.29, 1.82) is 0 Å². The molecule has 1 aliphatic carbocycles. The monoisotopic (exact) mass is 620 g/mol. The molecule has 2 heterocycles. The Morgan fingerprint density at radius 2 is 1.64 bits per heavy atom. The topological polar surface area (TPSA) is 73.9 Å². The van der Waals surface area contributed by atoms with Crippen LogP contribution in [0.4, 0.5) is 18.9 Å². The van der Waals surface area contributed by atoms with Gasteiger partial charge in [0, 0.05) is 37.9 Å². The third-order valence-electron chi connectivity index (χ3n) is 9.01. The van der Waals surface area contributed by atoms with Crippen LogP contribution < -0.4 is 15.5 Å². The van der Waals surface area contributed by atoms with Gasteiger partial charge in [0.1, 0.15) is 6.54 Å². The van der Waals surface area contributed by atoms with E-state index in [1.807, 2.05) is 60.7 Å². The van der Waals surface area contributed by atoms with E-state index in [2.05, 4.69) is 26.5 Å². The van der Waals surface area contributed by atoms with Crippen LogP contribution >= 0.6 is 0 Å². The van der Waals surface area contributed by atoms with E-state index in [0.29, 0.717) is 18.8 Å². The van der Waals surface area contributed by atoms with E-state index in [1.54, 1.807) is 0 Å². The minimum Gasteiger partial charge on any atom is -0.378 e. The van der Waals surface area contributed by atoms with Gasteiger partial charge in [0.25, 0.3) is 5.91 Å². The molecule has 0 aromatic heterocycles. The number of unbranched alkanes of at least 4 members (excludes halogenated alkanes) is 1. The number of morpholine rings is 1. The molecule has 10 heteroatoms. The molecule has 0 spiro atoms. The standard InChI is InChI=1S/C35H39F3N4O3/c36-35(37,38)23-39-34(44)32-27-9-2-1-8-26(27)30-21-24(12-13-28(30)32)7-5-6-15-41-16-14-25(22-41)40-33(43)29-10-3-4-11-31(29)42-17-19-45-20-18-42/h1-4,8-13,21,25,32H,5-7,14-20,22-23H2,(H,39,44)(H,40,43). The maximum Gasteiger partial charge on any atom is 0.405 e. The Kier molecular flexibility index (Phi) is 9.42. The lowest BCUT2D eigenvalue weighted by Gasteiger charge is -2.30. The van der Waals surface area contributed by atoms with Gasteiger partial charge < -0.3 is 25.2 Å². The summed E-state index contributed by atoms with van der Waals surface area (Å²) in [6.07, 6.45) is -0.674. The Labute approximate surface area is 261 Å². The number of para-hydroxylation sites is 1. The zero-order valence-electron chi connectivity index (χ0n) is 25.2. The van der Waals surface area contributed by atoms with Crippen LogP contribution in [0.3, 0.4) is 0 Å². The SMILES string of the molecule is O=C(NC1CCN(CCCCc2ccc3c(c2)-c2ccccc2C3C(=O)NCC(F)(F)F)C1)c1ccccc1N1CCOCC1. The second kappa shape index (κ2) is 13.6. The average Bonchev–Trinajstić information content (AvgIpc) is 3.63. The number of ether oxygens (including phenoxy) is 1. The van der Waals surface area contributed by atoms with E-state index < -0.39 is 24.5 Å². The molecule has 2 atom stereocenters. The number of halogens is 3. The van der Waals surface area contributed by atoms with Crippen LogP contribution in [0, 0.1) is 0 Å². The van der Waals surface area contributed by atoms with E-state index in [0.717, 1.165) is 91.9 Å². The van der Waals surface area contributed by atoms with Crippen LogP contribution in [0.2, 0.25) is 0 Å². The fourth-order valence-electron chi connectivity index (χ4n) is 6.80. The third-order valence-corrected chi connectivity index (χ3v) is 9.01. The molecule has 2 saturated heterocycles. The fourth-order valence-corrected chi connectivity index (χ4v) is 6.80. The number of alkyl halides is 3. The van der Waals surface area contributed by atoms with Crippen molar-refractivity contribution in [1.82, 2.24) is 15.5 Å². The van der Waals surface area contributed by atoms with Crippen LogP contribution in [0.1, 0.15) is 52.2 Å². The maximum atomic E-state index is 13.2. The highest BCUT2D eigenvalue weighted by atomic mass is 19.4. The van der Waals surface area contributed by atoms with Gasteiger partial charge in [-0.1, -0.05) is 54.6 Å². The Hall–Kier alpha value is -3.89. The third kappa shape index (κ3) is 7.34. The van der Waals surface area contributed by atoms with Crippen LogP contribution in [0.5, 0.6) is 0 Å². The van der Waals surface area contributed by atoms with Gasteiger partial charge in [0.2, 0.25) is 5.91 Å². The minimum absolute atomic E-state index is 0.0257. The summed E-state index contributed by atoms with van der Waals surface area (Å²) in [5.41, 5.74) is 6.13. The molecule has 2 fully saturated rings. The lowest BCUT2D eigenvalue weighted by Crippen LogP contribution is -2.40. The molecule has 45 heavy (non-hydrogen) atoms. The number of carbonyl (C=O) groups excluding carboxylic acids is 2. The number of hydrogen-bond acceptors (Lipinski definition) is 5. The summed E-state index contributed by atoms with van der Waals surface area (Å²) in [4.78, 5) is 30.7.